The first-order valence-corrected chi connectivity index (χ1v) is 11.3. The van der Waals surface area contributed by atoms with Crippen molar-refractivity contribution in [1.82, 2.24) is 20.8 Å². The second kappa shape index (κ2) is 10.1. The molecular formula is C24H25ClN6O3. The van der Waals surface area contributed by atoms with E-state index < -0.39 is 5.92 Å². The molecule has 0 saturated heterocycles. The van der Waals surface area contributed by atoms with Gasteiger partial charge in [0.1, 0.15) is 0 Å². The van der Waals surface area contributed by atoms with Crippen molar-refractivity contribution in [2.24, 2.45) is 21.6 Å². The molecule has 0 spiro atoms. The molecule has 2 aliphatic rings. The molecule has 1 atom stereocenters. The van der Waals surface area contributed by atoms with E-state index >= 15 is 0 Å². The lowest BCUT2D eigenvalue weighted by atomic mass is 9.91. The summed E-state index contributed by atoms with van der Waals surface area (Å²) in [6.45, 7) is 5.05. The minimum Gasteiger partial charge on any atom is -0.368 e. The van der Waals surface area contributed by atoms with Gasteiger partial charge in [0.15, 0.2) is 5.82 Å². The molecule has 0 radical (unpaired) electrons. The van der Waals surface area contributed by atoms with Crippen molar-refractivity contribution in [1.29, 1.82) is 0 Å². The highest BCUT2D eigenvalue weighted by molar-refractivity contribution is 6.30. The van der Waals surface area contributed by atoms with Crippen LogP contribution in [0.2, 0.25) is 5.02 Å². The van der Waals surface area contributed by atoms with E-state index in [4.69, 9.17) is 16.1 Å². The maximum atomic E-state index is 12.4. The molecular weight excluding hydrogens is 456 g/mol. The Labute approximate surface area is 202 Å². The maximum absolute atomic E-state index is 12.4. The molecule has 1 unspecified atom stereocenters. The molecule has 2 N–H and O–H groups in total. The number of aromatic nitrogens is 2. The molecule has 0 saturated carbocycles. The van der Waals surface area contributed by atoms with Gasteiger partial charge in [-0.1, -0.05) is 54.9 Å². The van der Waals surface area contributed by atoms with E-state index in [1.807, 2.05) is 50.3 Å². The number of amides is 2. The predicted octanol–water partition coefficient (Wildman–Crippen LogP) is 4.00. The fraction of sp³-hybridized carbons (Fsp3) is 0.333. The number of nitrogens with zero attached hydrogens (tertiary/aromatic N) is 4. The van der Waals surface area contributed by atoms with E-state index in [9.17, 15) is 9.59 Å². The second-order valence-electron chi connectivity index (χ2n) is 8.88. The monoisotopic (exact) mass is 480 g/mol. The topological polar surface area (TPSA) is 122 Å². The van der Waals surface area contributed by atoms with Crippen molar-refractivity contribution in [3.05, 3.63) is 70.9 Å². The number of nitrogens with one attached hydrogen (secondary N) is 2. The summed E-state index contributed by atoms with van der Waals surface area (Å²) in [5.41, 5.74) is 1.33. The number of aryl methyl sites for hydroxylation is 1. The Bertz CT molecular complexity index is 1190. The number of hydrogen-bond acceptors (Lipinski definition) is 7. The number of allylic oxidation sites excluding steroid dienone is 3. The third-order valence-electron chi connectivity index (χ3n) is 5.45. The van der Waals surface area contributed by atoms with E-state index in [0.29, 0.717) is 42.1 Å². The van der Waals surface area contributed by atoms with Gasteiger partial charge < -0.3 is 15.2 Å². The molecule has 1 aromatic carbocycles. The number of benzene rings is 1. The Kier molecular flexibility index (Phi) is 7.02. The third kappa shape index (κ3) is 5.85. The van der Waals surface area contributed by atoms with Gasteiger partial charge in [-0.25, -0.2) is 0 Å². The first kappa shape index (κ1) is 23.6. The Morgan fingerprint density at radius 1 is 1.15 bits per heavy atom. The van der Waals surface area contributed by atoms with Gasteiger partial charge in [-0.2, -0.15) is 4.98 Å². The number of carbonyl (C=O) groups excluding carboxylic acids is 2. The number of hydrogen-bond donors (Lipinski definition) is 2. The number of fused-ring (bicyclic) bond motifs is 1. The van der Waals surface area contributed by atoms with E-state index in [1.54, 1.807) is 12.1 Å². The summed E-state index contributed by atoms with van der Waals surface area (Å²) in [6.07, 6.45) is 7.96. The van der Waals surface area contributed by atoms with Gasteiger partial charge in [-0.15, -0.1) is 10.2 Å². The smallest absolute Gasteiger partial charge is 0.276 e. The average Bonchev–Trinajstić information content (AvgIpc) is 3.31. The summed E-state index contributed by atoms with van der Waals surface area (Å²) in [4.78, 5) is 28.6. The number of carbonyl (C=O) groups is 2. The number of halogens is 1. The standard InChI is InChI=1S/C24H25ClN6O3/c1-24(2,14-27-22-17-5-3-4-6-18(17)23(33)30-29-22)13-26-19(32)11-12-20-28-21(31-34-20)15-7-9-16(25)10-8-15/h3-10,18,27H,11-14H2,1-2H3,(H,26,32). The molecule has 10 heteroatoms. The molecule has 1 aliphatic carbocycles. The Morgan fingerprint density at radius 2 is 1.94 bits per heavy atom. The lowest BCUT2D eigenvalue weighted by molar-refractivity contribution is -0.122. The van der Waals surface area contributed by atoms with Gasteiger partial charge in [-0.05, 0) is 29.7 Å². The first-order valence-electron chi connectivity index (χ1n) is 10.9. The predicted molar refractivity (Wildman–Crippen MR) is 127 cm³/mol. The van der Waals surface area contributed by atoms with Crippen molar-refractivity contribution in [3.8, 4) is 11.4 Å². The minimum atomic E-state index is -0.391. The maximum Gasteiger partial charge on any atom is 0.276 e. The van der Waals surface area contributed by atoms with Crippen molar-refractivity contribution in [2.75, 3.05) is 13.1 Å². The molecule has 0 bridgehead atoms. The molecule has 0 fully saturated rings. The second-order valence-corrected chi connectivity index (χ2v) is 9.31. The molecule has 9 nitrogen and oxygen atoms in total. The fourth-order valence-corrected chi connectivity index (χ4v) is 3.57. The van der Waals surface area contributed by atoms with Crippen LogP contribution in [0.1, 0.15) is 26.2 Å². The SMILES string of the molecule is CC(C)(CNC(=O)CCc1nc(-c2ccc(Cl)cc2)no1)CNC1=C2C=CC=CC2C(=O)N=N1. The van der Waals surface area contributed by atoms with E-state index in [-0.39, 0.29) is 23.7 Å². The lowest BCUT2D eigenvalue weighted by Crippen LogP contribution is -2.40. The third-order valence-corrected chi connectivity index (χ3v) is 5.70. The largest absolute Gasteiger partial charge is 0.368 e. The quantitative estimate of drug-likeness (QED) is 0.559. The van der Waals surface area contributed by atoms with E-state index in [1.165, 1.54) is 0 Å². The van der Waals surface area contributed by atoms with Crippen LogP contribution in [-0.4, -0.2) is 35.0 Å². The molecule has 2 aromatic rings. The Hall–Kier alpha value is -3.59. The van der Waals surface area contributed by atoms with Crippen LogP contribution in [0.5, 0.6) is 0 Å². The molecule has 2 amide bonds. The molecule has 4 rings (SSSR count). The molecule has 34 heavy (non-hydrogen) atoms. The average molecular weight is 481 g/mol. The van der Waals surface area contributed by atoms with Crippen molar-refractivity contribution >= 4 is 23.4 Å². The molecule has 1 aromatic heterocycles. The summed E-state index contributed by atoms with van der Waals surface area (Å²) < 4.78 is 5.26. The van der Waals surface area contributed by atoms with Crippen LogP contribution in [-0.2, 0) is 16.0 Å². The van der Waals surface area contributed by atoms with Crippen LogP contribution in [0.4, 0.5) is 0 Å². The zero-order valence-corrected chi connectivity index (χ0v) is 19.7. The van der Waals surface area contributed by atoms with Gasteiger partial charge in [0.25, 0.3) is 5.91 Å². The minimum absolute atomic E-state index is 0.107. The van der Waals surface area contributed by atoms with Gasteiger partial charge in [-0.3, -0.25) is 9.59 Å². The summed E-state index contributed by atoms with van der Waals surface area (Å²) in [5, 5.41) is 18.6. The van der Waals surface area contributed by atoms with Crippen LogP contribution in [0, 0.1) is 11.3 Å². The zero-order chi connectivity index (χ0) is 24.1. The number of rotatable bonds is 9. The fourth-order valence-electron chi connectivity index (χ4n) is 3.44. The van der Waals surface area contributed by atoms with Crippen LogP contribution in [0.25, 0.3) is 11.4 Å². The summed E-state index contributed by atoms with van der Waals surface area (Å²) in [6, 6.07) is 7.13. The zero-order valence-electron chi connectivity index (χ0n) is 18.9. The normalized spacial score (nSPS) is 17.1. The lowest BCUT2D eigenvalue weighted by Gasteiger charge is -2.27. The van der Waals surface area contributed by atoms with Crippen molar-refractivity contribution < 1.29 is 14.1 Å². The highest BCUT2D eigenvalue weighted by Gasteiger charge is 2.28. The van der Waals surface area contributed by atoms with Crippen LogP contribution < -0.4 is 10.6 Å². The number of azo groups is 1. The van der Waals surface area contributed by atoms with Gasteiger partial charge in [0.05, 0.1) is 5.92 Å². The van der Waals surface area contributed by atoms with E-state index in [2.05, 4.69) is 31.0 Å². The van der Waals surface area contributed by atoms with Gasteiger partial charge >= 0.3 is 0 Å². The van der Waals surface area contributed by atoms with Crippen LogP contribution in [0.3, 0.4) is 0 Å². The van der Waals surface area contributed by atoms with Crippen LogP contribution >= 0.6 is 11.6 Å². The summed E-state index contributed by atoms with van der Waals surface area (Å²) >= 11 is 5.90. The van der Waals surface area contributed by atoms with Gasteiger partial charge in [0, 0.05) is 42.1 Å². The highest BCUT2D eigenvalue weighted by atomic mass is 35.5. The molecule has 176 valence electrons. The van der Waals surface area contributed by atoms with Crippen LogP contribution in [0.15, 0.2) is 74.7 Å². The first-order chi connectivity index (χ1) is 16.3. The Balaban J connectivity index is 1.24. The van der Waals surface area contributed by atoms with E-state index in [0.717, 1.165) is 11.1 Å². The van der Waals surface area contributed by atoms with Crippen molar-refractivity contribution in [3.63, 3.8) is 0 Å². The Morgan fingerprint density at radius 3 is 2.74 bits per heavy atom. The van der Waals surface area contributed by atoms with Crippen molar-refractivity contribution in [2.45, 2.75) is 26.7 Å². The summed E-state index contributed by atoms with van der Waals surface area (Å²) in [5.74, 6) is 0.673. The van der Waals surface area contributed by atoms with Gasteiger partial charge in [0.2, 0.25) is 17.6 Å². The molecule has 1 aliphatic heterocycles. The molecule has 2 heterocycles. The highest BCUT2D eigenvalue weighted by Crippen LogP contribution is 2.28. The summed E-state index contributed by atoms with van der Waals surface area (Å²) in [7, 11) is 0.